The average Bonchev–Trinajstić information content (AvgIpc) is 2.81. The Hall–Kier alpha value is -2.65. The lowest BCUT2D eigenvalue weighted by Gasteiger charge is -2.37. The third-order valence-electron chi connectivity index (χ3n) is 6.65. The Balaban J connectivity index is 1.24. The van der Waals surface area contributed by atoms with Crippen LogP contribution in [0.5, 0.6) is 0 Å². The van der Waals surface area contributed by atoms with E-state index in [2.05, 4.69) is 36.4 Å². The minimum atomic E-state index is -0.0995. The van der Waals surface area contributed by atoms with Crippen LogP contribution in [0.3, 0.4) is 0 Å². The third kappa shape index (κ3) is 6.48. The molecule has 34 heavy (non-hydrogen) atoms. The molecule has 2 aromatic rings. The molecule has 2 saturated heterocycles. The van der Waals surface area contributed by atoms with E-state index in [9.17, 15) is 9.59 Å². The molecule has 9 heteroatoms. The molecule has 8 nitrogen and oxygen atoms in total. The Labute approximate surface area is 209 Å². The average molecular weight is 529 g/mol. The van der Waals surface area contributed by atoms with Gasteiger partial charge in [-0.15, -0.1) is 0 Å². The van der Waals surface area contributed by atoms with Crippen molar-refractivity contribution in [2.24, 2.45) is 5.92 Å². The van der Waals surface area contributed by atoms with Crippen molar-refractivity contribution in [2.75, 3.05) is 42.5 Å². The van der Waals surface area contributed by atoms with Crippen LogP contribution in [0.15, 0.2) is 41.0 Å². The summed E-state index contributed by atoms with van der Waals surface area (Å²) in [6.07, 6.45) is 5.33. The van der Waals surface area contributed by atoms with Crippen molar-refractivity contribution >= 4 is 44.9 Å². The van der Waals surface area contributed by atoms with Crippen molar-refractivity contribution in [3.8, 4) is 0 Å². The van der Waals surface area contributed by atoms with Crippen molar-refractivity contribution in [1.29, 1.82) is 0 Å². The van der Waals surface area contributed by atoms with E-state index >= 15 is 0 Å². The molecule has 3 heterocycles. The third-order valence-corrected chi connectivity index (χ3v) is 7.14. The standard InChI is InChI=1S/C25H33BrN6O2/c1-17(33)29-23-15-20(26)2-3-22(23)30-21-7-12-32(13-8-21)25(34)19-5-10-31(11-6-19)16-18-4-9-28-24(27)14-18/h2-4,9,14-15,19,21,30H,5-8,10-13,16H2,1H3,(H2,27,28)(H,29,33). The van der Waals surface area contributed by atoms with Crippen molar-refractivity contribution in [1.82, 2.24) is 14.8 Å². The number of hydrogen-bond acceptors (Lipinski definition) is 6. The number of nitrogens with one attached hydrogen (secondary N) is 2. The van der Waals surface area contributed by atoms with Gasteiger partial charge >= 0.3 is 0 Å². The van der Waals surface area contributed by atoms with Crippen LogP contribution in [0.2, 0.25) is 0 Å². The van der Waals surface area contributed by atoms with Gasteiger partial charge in [-0.1, -0.05) is 15.9 Å². The summed E-state index contributed by atoms with van der Waals surface area (Å²) in [4.78, 5) is 33.2. The Morgan fingerprint density at radius 3 is 2.47 bits per heavy atom. The molecule has 182 valence electrons. The van der Waals surface area contributed by atoms with Gasteiger partial charge in [-0.3, -0.25) is 14.5 Å². The number of likely N-dealkylation sites (tertiary alicyclic amines) is 2. The first kappa shape index (κ1) is 24.5. The first-order chi connectivity index (χ1) is 16.4. The zero-order valence-corrected chi connectivity index (χ0v) is 21.2. The molecule has 1 aromatic carbocycles. The van der Waals surface area contributed by atoms with Gasteiger partial charge in [-0.2, -0.15) is 0 Å². The van der Waals surface area contributed by atoms with E-state index in [1.54, 1.807) is 6.20 Å². The van der Waals surface area contributed by atoms with Gasteiger partial charge in [0.15, 0.2) is 0 Å². The second-order valence-electron chi connectivity index (χ2n) is 9.25. The lowest BCUT2D eigenvalue weighted by Crippen LogP contribution is -2.47. The fourth-order valence-corrected chi connectivity index (χ4v) is 5.21. The first-order valence-electron chi connectivity index (χ1n) is 11.9. The molecule has 4 rings (SSSR count). The first-order valence-corrected chi connectivity index (χ1v) is 12.7. The van der Waals surface area contributed by atoms with E-state index in [4.69, 9.17) is 5.73 Å². The van der Waals surface area contributed by atoms with Crippen LogP contribution in [0.25, 0.3) is 0 Å². The monoisotopic (exact) mass is 528 g/mol. The maximum Gasteiger partial charge on any atom is 0.225 e. The second-order valence-corrected chi connectivity index (χ2v) is 10.2. The van der Waals surface area contributed by atoms with Crippen LogP contribution in [0.1, 0.15) is 38.2 Å². The van der Waals surface area contributed by atoms with Crippen molar-refractivity contribution < 1.29 is 9.59 Å². The largest absolute Gasteiger partial charge is 0.384 e. The summed E-state index contributed by atoms with van der Waals surface area (Å²) in [5.41, 5.74) is 8.63. The number of halogens is 1. The molecule has 0 aliphatic carbocycles. The van der Waals surface area contributed by atoms with Crippen molar-refractivity contribution in [3.63, 3.8) is 0 Å². The van der Waals surface area contributed by atoms with Gasteiger partial charge in [0, 0.05) is 49.2 Å². The summed E-state index contributed by atoms with van der Waals surface area (Å²) in [6.45, 7) is 5.73. The van der Waals surface area contributed by atoms with Gasteiger partial charge in [-0.05, 0) is 74.7 Å². The molecule has 0 radical (unpaired) electrons. The number of anilines is 3. The number of rotatable bonds is 6. The Morgan fingerprint density at radius 1 is 1.06 bits per heavy atom. The number of nitrogens with two attached hydrogens (primary N) is 1. The van der Waals surface area contributed by atoms with Gasteiger partial charge in [0.25, 0.3) is 0 Å². The molecule has 0 bridgehead atoms. The molecular weight excluding hydrogens is 496 g/mol. The highest BCUT2D eigenvalue weighted by molar-refractivity contribution is 9.10. The molecule has 0 spiro atoms. The van der Waals surface area contributed by atoms with E-state index in [0.29, 0.717) is 11.7 Å². The second kappa shape index (κ2) is 11.2. The molecule has 0 atom stereocenters. The fraction of sp³-hybridized carbons (Fsp3) is 0.480. The summed E-state index contributed by atoms with van der Waals surface area (Å²) >= 11 is 3.46. The summed E-state index contributed by atoms with van der Waals surface area (Å²) in [6, 6.07) is 10.0. The smallest absolute Gasteiger partial charge is 0.225 e. The zero-order chi connectivity index (χ0) is 24.1. The van der Waals surface area contributed by atoms with Gasteiger partial charge in [0.05, 0.1) is 11.4 Å². The predicted molar refractivity (Wildman–Crippen MR) is 138 cm³/mol. The van der Waals surface area contributed by atoms with Gasteiger partial charge in [0.1, 0.15) is 5.82 Å². The molecule has 2 fully saturated rings. The van der Waals surface area contributed by atoms with Crippen molar-refractivity contribution in [3.05, 3.63) is 46.6 Å². The number of nitrogens with zero attached hydrogens (tertiary/aromatic N) is 3. The van der Waals surface area contributed by atoms with Crippen LogP contribution in [0, 0.1) is 5.92 Å². The Bertz CT molecular complexity index is 1020. The van der Waals surface area contributed by atoms with E-state index in [1.165, 1.54) is 12.5 Å². The summed E-state index contributed by atoms with van der Waals surface area (Å²) in [7, 11) is 0. The van der Waals surface area contributed by atoms with Gasteiger partial charge in [-0.25, -0.2) is 4.98 Å². The highest BCUT2D eigenvalue weighted by Gasteiger charge is 2.31. The number of piperidine rings is 2. The summed E-state index contributed by atoms with van der Waals surface area (Å²) in [5.74, 6) is 0.861. The number of pyridine rings is 1. The van der Waals surface area contributed by atoms with E-state index in [-0.39, 0.29) is 17.9 Å². The maximum absolute atomic E-state index is 13.2. The summed E-state index contributed by atoms with van der Waals surface area (Å²) in [5, 5.41) is 6.45. The molecule has 1 aromatic heterocycles. The topological polar surface area (TPSA) is 104 Å². The molecule has 2 amide bonds. The minimum Gasteiger partial charge on any atom is -0.384 e. The molecule has 2 aliphatic rings. The molecule has 4 N–H and O–H groups in total. The van der Waals surface area contributed by atoms with Crippen LogP contribution >= 0.6 is 15.9 Å². The fourth-order valence-electron chi connectivity index (χ4n) is 4.85. The van der Waals surface area contributed by atoms with Gasteiger partial charge < -0.3 is 21.3 Å². The Morgan fingerprint density at radius 2 is 1.79 bits per heavy atom. The number of benzene rings is 1. The number of amides is 2. The molecule has 2 aliphatic heterocycles. The maximum atomic E-state index is 13.2. The lowest BCUT2D eigenvalue weighted by atomic mass is 9.93. The predicted octanol–water partition coefficient (Wildman–Crippen LogP) is 3.70. The lowest BCUT2D eigenvalue weighted by molar-refractivity contribution is -0.138. The highest BCUT2D eigenvalue weighted by atomic mass is 79.9. The normalized spacial score (nSPS) is 18.0. The van der Waals surface area contributed by atoms with Crippen LogP contribution in [-0.2, 0) is 16.1 Å². The SMILES string of the molecule is CC(=O)Nc1cc(Br)ccc1NC1CCN(C(=O)C2CCN(Cc3ccnc(N)c3)CC2)CC1. The van der Waals surface area contributed by atoms with Crippen LogP contribution < -0.4 is 16.4 Å². The van der Waals surface area contributed by atoms with E-state index in [0.717, 1.165) is 74.3 Å². The number of hydrogen-bond donors (Lipinski definition) is 3. The Kier molecular flexibility index (Phi) is 8.05. The highest BCUT2D eigenvalue weighted by Crippen LogP contribution is 2.29. The van der Waals surface area contributed by atoms with E-state index < -0.39 is 0 Å². The van der Waals surface area contributed by atoms with E-state index in [1.807, 2.05) is 35.2 Å². The molecule has 0 saturated carbocycles. The molecular formula is C25H33BrN6O2. The van der Waals surface area contributed by atoms with Crippen LogP contribution in [0.4, 0.5) is 17.2 Å². The number of carbonyl (C=O) groups excluding carboxylic acids is 2. The quantitative estimate of drug-likeness (QED) is 0.528. The number of aromatic nitrogens is 1. The van der Waals surface area contributed by atoms with Crippen molar-refractivity contribution in [2.45, 2.75) is 45.2 Å². The summed E-state index contributed by atoms with van der Waals surface area (Å²) < 4.78 is 0.915. The van der Waals surface area contributed by atoms with Crippen LogP contribution in [-0.4, -0.2) is 58.8 Å². The number of carbonyl (C=O) groups is 2. The minimum absolute atomic E-state index is 0.0995. The van der Waals surface area contributed by atoms with Gasteiger partial charge in [0.2, 0.25) is 11.8 Å². The number of nitrogen functional groups attached to an aromatic ring is 1. The molecule has 0 unspecified atom stereocenters. The zero-order valence-electron chi connectivity index (χ0n) is 19.6.